The Hall–Kier alpha value is -1.29. The van der Waals surface area contributed by atoms with Crippen molar-refractivity contribution in [3.05, 3.63) is 17.8 Å². The highest BCUT2D eigenvalue weighted by Crippen LogP contribution is 2.43. The van der Waals surface area contributed by atoms with Gasteiger partial charge in [0.2, 0.25) is 0 Å². The summed E-state index contributed by atoms with van der Waals surface area (Å²) < 4.78 is 5.87. The number of hydrogen-bond acceptors (Lipinski definition) is 4. The fraction of sp³-hybridized carbons (Fsp3) is 0.615. The number of nitrogens with zero attached hydrogens (tertiary/aromatic N) is 2. The number of nitrogens with one attached hydrogen (secondary N) is 1. The van der Waals surface area contributed by atoms with Crippen molar-refractivity contribution in [1.82, 2.24) is 10.3 Å². The van der Waals surface area contributed by atoms with Crippen LogP contribution in [-0.2, 0) is 0 Å². The first-order chi connectivity index (χ1) is 8.42. The van der Waals surface area contributed by atoms with E-state index < -0.39 is 0 Å². The third-order valence-corrected chi connectivity index (χ3v) is 3.96. The Balaban J connectivity index is 1.70. The number of anilines is 1. The minimum atomic E-state index is 0.454. The molecule has 17 heavy (non-hydrogen) atoms. The maximum atomic E-state index is 5.87. The fourth-order valence-corrected chi connectivity index (χ4v) is 2.79. The second-order valence-corrected chi connectivity index (χ2v) is 5.23. The number of ether oxygens (including phenoxy) is 1. The number of aromatic nitrogens is 1. The van der Waals surface area contributed by atoms with Gasteiger partial charge in [0, 0.05) is 25.8 Å². The number of hydrogen-bond donors (Lipinski definition) is 1. The summed E-state index contributed by atoms with van der Waals surface area (Å²) in [6.45, 7) is 3.88. The average molecular weight is 231 g/mol. The summed E-state index contributed by atoms with van der Waals surface area (Å²) in [5, 5.41) is 3.40. The third-order valence-electron chi connectivity index (χ3n) is 3.96. The first-order valence-corrected chi connectivity index (χ1v) is 6.52. The molecule has 1 N–H and O–H groups in total. The van der Waals surface area contributed by atoms with E-state index in [1.165, 1.54) is 18.4 Å². The SMILES string of the molecule is c1nc2c(cc1C1CC1)OC[C@@H]1CNCCN21. The van der Waals surface area contributed by atoms with Gasteiger partial charge in [0.05, 0.1) is 6.04 Å². The van der Waals surface area contributed by atoms with Crippen molar-refractivity contribution >= 4 is 5.82 Å². The van der Waals surface area contributed by atoms with Crippen molar-refractivity contribution in [2.45, 2.75) is 24.8 Å². The van der Waals surface area contributed by atoms with Crippen LogP contribution in [0.2, 0.25) is 0 Å². The highest BCUT2D eigenvalue weighted by molar-refractivity contribution is 5.57. The van der Waals surface area contributed by atoms with E-state index in [9.17, 15) is 0 Å². The van der Waals surface area contributed by atoms with Crippen LogP contribution in [0, 0.1) is 0 Å². The van der Waals surface area contributed by atoms with Gasteiger partial charge in [-0.25, -0.2) is 4.98 Å². The molecule has 4 heteroatoms. The first-order valence-electron chi connectivity index (χ1n) is 6.52. The lowest BCUT2D eigenvalue weighted by Gasteiger charge is -2.40. The predicted octanol–water partition coefficient (Wildman–Crippen LogP) is 1.13. The smallest absolute Gasteiger partial charge is 0.171 e. The minimum absolute atomic E-state index is 0.454. The van der Waals surface area contributed by atoms with Crippen molar-refractivity contribution < 1.29 is 4.74 Å². The minimum Gasteiger partial charge on any atom is -0.487 e. The van der Waals surface area contributed by atoms with E-state index in [4.69, 9.17) is 4.74 Å². The second kappa shape index (κ2) is 3.60. The number of fused-ring (bicyclic) bond motifs is 3. The molecule has 1 atom stereocenters. The zero-order chi connectivity index (χ0) is 11.2. The van der Waals surface area contributed by atoms with Crippen molar-refractivity contribution in [1.29, 1.82) is 0 Å². The highest BCUT2D eigenvalue weighted by atomic mass is 16.5. The van der Waals surface area contributed by atoms with Gasteiger partial charge in [-0.2, -0.15) is 0 Å². The Morgan fingerprint density at radius 2 is 2.35 bits per heavy atom. The normalized spacial score (nSPS) is 27.1. The van der Waals surface area contributed by atoms with Gasteiger partial charge in [0.1, 0.15) is 6.61 Å². The van der Waals surface area contributed by atoms with Gasteiger partial charge in [0.15, 0.2) is 11.6 Å². The van der Waals surface area contributed by atoms with Gasteiger partial charge in [-0.15, -0.1) is 0 Å². The van der Waals surface area contributed by atoms with Crippen LogP contribution in [0.4, 0.5) is 5.82 Å². The second-order valence-electron chi connectivity index (χ2n) is 5.23. The Labute approximate surface area is 101 Å². The lowest BCUT2D eigenvalue weighted by atomic mass is 10.1. The highest BCUT2D eigenvalue weighted by Gasteiger charge is 2.32. The largest absolute Gasteiger partial charge is 0.487 e. The Bertz CT molecular complexity index is 444. The van der Waals surface area contributed by atoms with E-state index in [-0.39, 0.29) is 0 Å². The standard InChI is InChI=1S/C13H17N3O/c1-2-9(1)10-5-12-13(15-6-10)16-4-3-14-7-11(16)8-17-12/h5-6,9,11,14H,1-4,7-8H2/t11-/m0/s1. The van der Waals surface area contributed by atoms with E-state index >= 15 is 0 Å². The molecule has 90 valence electrons. The fourth-order valence-electron chi connectivity index (χ4n) is 2.79. The molecule has 0 unspecified atom stereocenters. The number of piperazine rings is 1. The lowest BCUT2D eigenvalue weighted by molar-refractivity contribution is 0.244. The summed E-state index contributed by atoms with van der Waals surface area (Å²) in [5.41, 5.74) is 1.36. The van der Waals surface area contributed by atoms with Crippen LogP contribution in [0.25, 0.3) is 0 Å². The van der Waals surface area contributed by atoms with Gasteiger partial charge in [0.25, 0.3) is 0 Å². The molecule has 0 amide bonds. The van der Waals surface area contributed by atoms with Crippen LogP contribution in [0.1, 0.15) is 24.3 Å². The molecule has 2 aliphatic heterocycles. The monoisotopic (exact) mass is 231 g/mol. The first kappa shape index (κ1) is 9.71. The van der Waals surface area contributed by atoms with E-state index in [1.807, 2.05) is 6.20 Å². The molecule has 3 aliphatic rings. The molecular weight excluding hydrogens is 214 g/mol. The Morgan fingerprint density at radius 3 is 3.24 bits per heavy atom. The number of pyridine rings is 1. The Morgan fingerprint density at radius 1 is 1.41 bits per heavy atom. The third kappa shape index (κ3) is 1.59. The van der Waals surface area contributed by atoms with E-state index in [0.29, 0.717) is 6.04 Å². The van der Waals surface area contributed by atoms with E-state index in [0.717, 1.165) is 43.7 Å². The zero-order valence-electron chi connectivity index (χ0n) is 9.85. The van der Waals surface area contributed by atoms with E-state index in [2.05, 4.69) is 21.3 Å². The molecule has 3 heterocycles. The van der Waals surface area contributed by atoms with Gasteiger partial charge in [-0.1, -0.05) is 0 Å². The topological polar surface area (TPSA) is 37.4 Å². The van der Waals surface area contributed by atoms with Gasteiger partial charge < -0.3 is 15.0 Å². The summed E-state index contributed by atoms with van der Waals surface area (Å²) in [7, 11) is 0. The summed E-state index contributed by atoms with van der Waals surface area (Å²) in [4.78, 5) is 7.03. The van der Waals surface area contributed by atoms with Crippen molar-refractivity contribution in [2.75, 3.05) is 31.1 Å². The molecule has 4 nitrogen and oxygen atoms in total. The molecule has 4 rings (SSSR count). The zero-order valence-corrected chi connectivity index (χ0v) is 9.85. The van der Waals surface area contributed by atoms with Crippen molar-refractivity contribution in [2.24, 2.45) is 0 Å². The van der Waals surface area contributed by atoms with Crippen LogP contribution in [0.5, 0.6) is 5.75 Å². The maximum absolute atomic E-state index is 5.87. The lowest BCUT2D eigenvalue weighted by Crippen LogP contribution is -2.56. The molecule has 2 fully saturated rings. The molecule has 1 saturated carbocycles. The van der Waals surface area contributed by atoms with Crippen LogP contribution >= 0.6 is 0 Å². The average Bonchev–Trinajstić information content (AvgIpc) is 3.22. The van der Waals surface area contributed by atoms with Crippen molar-refractivity contribution in [3.8, 4) is 5.75 Å². The quantitative estimate of drug-likeness (QED) is 0.786. The predicted molar refractivity (Wildman–Crippen MR) is 65.7 cm³/mol. The molecule has 0 spiro atoms. The van der Waals surface area contributed by atoms with Crippen LogP contribution < -0.4 is 15.0 Å². The van der Waals surface area contributed by atoms with E-state index in [1.54, 1.807) is 0 Å². The summed E-state index contributed by atoms with van der Waals surface area (Å²) >= 11 is 0. The molecule has 1 saturated heterocycles. The maximum Gasteiger partial charge on any atom is 0.171 e. The Kier molecular flexibility index (Phi) is 2.06. The molecule has 1 aliphatic carbocycles. The van der Waals surface area contributed by atoms with Gasteiger partial charge in [-0.05, 0) is 30.4 Å². The summed E-state index contributed by atoms with van der Waals surface area (Å²) in [6.07, 6.45) is 4.68. The van der Waals surface area contributed by atoms with Crippen molar-refractivity contribution in [3.63, 3.8) is 0 Å². The molecule has 0 radical (unpaired) electrons. The number of rotatable bonds is 1. The van der Waals surface area contributed by atoms with Gasteiger partial charge in [-0.3, -0.25) is 0 Å². The van der Waals surface area contributed by atoms with Crippen LogP contribution in [0.15, 0.2) is 12.3 Å². The summed E-state index contributed by atoms with van der Waals surface area (Å²) in [6, 6.07) is 2.66. The molecule has 0 bridgehead atoms. The molecule has 0 aromatic carbocycles. The van der Waals surface area contributed by atoms with Crippen LogP contribution in [0.3, 0.4) is 0 Å². The molecular formula is C13H17N3O. The van der Waals surface area contributed by atoms with Crippen LogP contribution in [-0.4, -0.2) is 37.3 Å². The summed E-state index contributed by atoms with van der Waals surface area (Å²) in [5.74, 6) is 2.79. The molecule has 1 aromatic heterocycles. The van der Waals surface area contributed by atoms with Gasteiger partial charge >= 0.3 is 0 Å². The molecule has 1 aromatic rings.